The molecule has 0 aliphatic carbocycles. The third kappa shape index (κ3) is 5.94. The monoisotopic (exact) mass is 295 g/mol. The van der Waals surface area contributed by atoms with E-state index < -0.39 is 0 Å². The minimum Gasteiger partial charge on any atom is -0.493 e. The maximum atomic E-state index is 5.98. The lowest BCUT2D eigenvalue weighted by Gasteiger charge is -2.23. The summed E-state index contributed by atoms with van der Waals surface area (Å²) in [4.78, 5) is 0. The highest BCUT2D eigenvalue weighted by atomic mass is 16.5. The summed E-state index contributed by atoms with van der Waals surface area (Å²) >= 11 is 0. The van der Waals surface area contributed by atoms with Crippen molar-refractivity contribution >= 4 is 0 Å². The second-order valence-corrected chi connectivity index (χ2v) is 5.69. The second-order valence-electron chi connectivity index (χ2n) is 5.69. The van der Waals surface area contributed by atoms with Crippen LogP contribution in [0.5, 0.6) is 11.5 Å². The van der Waals surface area contributed by atoms with Gasteiger partial charge in [0.15, 0.2) is 11.5 Å². The van der Waals surface area contributed by atoms with Crippen LogP contribution in [0.25, 0.3) is 0 Å². The molecule has 0 fully saturated rings. The normalized spacial score (nSPS) is 11.5. The van der Waals surface area contributed by atoms with Crippen LogP contribution in [-0.4, -0.2) is 33.0 Å². The number of methoxy groups -OCH3 is 2. The smallest absolute Gasteiger partial charge is 0.165 e. The molecule has 0 bridgehead atoms. The van der Waals surface area contributed by atoms with Crippen LogP contribution in [0.1, 0.15) is 39.2 Å². The SMILES string of the molecule is CCCNCc1cccc(OC)c1OCCC(C)(C)OC. The predicted molar refractivity (Wildman–Crippen MR) is 86.2 cm³/mol. The van der Waals surface area contributed by atoms with Crippen molar-refractivity contribution in [3.63, 3.8) is 0 Å². The van der Waals surface area contributed by atoms with E-state index in [9.17, 15) is 0 Å². The summed E-state index contributed by atoms with van der Waals surface area (Å²) < 4.78 is 16.8. The third-order valence-corrected chi connectivity index (χ3v) is 3.53. The Bertz CT molecular complexity index is 418. The van der Waals surface area contributed by atoms with E-state index in [0.29, 0.717) is 6.61 Å². The van der Waals surface area contributed by atoms with Gasteiger partial charge in [-0.1, -0.05) is 19.1 Å². The first kappa shape index (κ1) is 17.8. The fourth-order valence-corrected chi connectivity index (χ4v) is 1.93. The van der Waals surface area contributed by atoms with Gasteiger partial charge in [0.05, 0.1) is 19.3 Å². The number of nitrogens with one attached hydrogen (secondary N) is 1. The minimum atomic E-state index is -0.178. The van der Waals surface area contributed by atoms with E-state index in [-0.39, 0.29) is 5.60 Å². The van der Waals surface area contributed by atoms with E-state index in [1.807, 2.05) is 12.1 Å². The molecule has 1 aromatic carbocycles. The fraction of sp³-hybridized carbons (Fsp3) is 0.647. The van der Waals surface area contributed by atoms with E-state index >= 15 is 0 Å². The molecule has 0 radical (unpaired) electrons. The van der Waals surface area contributed by atoms with Gasteiger partial charge in [0.25, 0.3) is 0 Å². The zero-order valence-electron chi connectivity index (χ0n) is 14.0. The standard InChI is InChI=1S/C17H29NO3/c1-6-11-18-13-14-8-7-9-15(19-4)16(14)21-12-10-17(2,3)20-5/h7-9,18H,6,10-13H2,1-5H3. The highest BCUT2D eigenvalue weighted by Gasteiger charge is 2.17. The van der Waals surface area contributed by atoms with Gasteiger partial charge in [-0.2, -0.15) is 0 Å². The highest BCUT2D eigenvalue weighted by Crippen LogP contribution is 2.31. The van der Waals surface area contributed by atoms with Gasteiger partial charge in [0.2, 0.25) is 0 Å². The number of para-hydroxylation sites is 1. The molecular formula is C17H29NO3. The van der Waals surface area contributed by atoms with Crippen molar-refractivity contribution in [1.29, 1.82) is 0 Å². The first-order valence-corrected chi connectivity index (χ1v) is 7.58. The molecule has 0 amide bonds. The summed E-state index contributed by atoms with van der Waals surface area (Å²) in [6.07, 6.45) is 1.94. The Hall–Kier alpha value is -1.26. The molecule has 21 heavy (non-hydrogen) atoms. The summed E-state index contributed by atoms with van der Waals surface area (Å²) in [7, 11) is 3.40. The van der Waals surface area contributed by atoms with Crippen molar-refractivity contribution in [2.24, 2.45) is 0 Å². The molecule has 0 aliphatic rings. The van der Waals surface area contributed by atoms with Gasteiger partial charge in [-0.15, -0.1) is 0 Å². The van der Waals surface area contributed by atoms with Crippen molar-refractivity contribution in [2.75, 3.05) is 27.4 Å². The molecule has 1 aromatic rings. The van der Waals surface area contributed by atoms with Crippen LogP contribution in [-0.2, 0) is 11.3 Å². The average Bonchev–Trinajstić information content (AvgIpc) is 2.48. The molecule has 0 aliphatic heterocycles. The zero-order valence-corrected chi connectivity index (χ0v) is 14.0. The van der Waals surface area contributed by atoms with Crippen molar-refractivity contribution in [3.05, 3.63) is 23.8 Å². The maximum Gasteiger partial charge on any atom is 0.165 e. The van der Waals surface area contributed by atoms with Crippen molar-refractivity contribution in [1.82, 2.24) is 5.32 Å². The van der Waals surface area contributed by atoms with E-state index in [1.54, 1.807) is 14.2 Å². The molecule has 1 rings (SSSR count). The van der Waals surface area contributed by atoms with Crippen molar-refractivity contribution in [2.45, 2.75) is 45.8 Å². The maximum absolute atomic E-state index is 5.98. The minimum absolute atomic E-state index is 0.178. The highest BCUT2D eigenvalue weighted by molar-refractivity contribution is 5.46. The summed E-state index contributed by atoms with van der Waals surface area (Å²) in [5.74, 6) is 1.61. The predicted octanol–water partition coefficient (Wildman–Crippen LogP) is 3.39. The van der Waals surface area contributed by atoms with Gasteiger partial charge < -0.3 is 19.5 Å². The first-order valence-electron chi connectivity index (χ1n) is 7.58. The Morgan fingerprint density at radius 3 is 2.57 bits per heavy atom. The Morgan fingerprint density at radius 1 is 1.19 bits per heavy atom. The number of hydrogen-bond donors (Lipinski definition) is 1. The van der Waals surface area contributed by atoms with Crippen molar-refractivity contribution in [3.8, 4) is 11.5 Å². The quantitative estimate of drug-likeness (QED) is 0.672. The lowest BCUT2D eigenvalue weighted by molar-refractivity contribution is 0.00516. The lowest BCUT2D eigenvalue weighted by atomic mass is 10.1. The molecule has 0 atom stereocenters. The molecule has 1 N–H and O–H groups in total. The average molecular weight is 295 g/mol. The van der Waals surface area contributed by atoms with E-state index in [2.05, 4.69) is 32.2 Å². The van der Waals surface area contributed by atoms with Gasteiger partial charge in [-0.05, 0) is 32.9 Å². The van der Waals surface area contributed by atoms with E-state index in [0.717, 1.165) is 43.0 Å². The summed E-state index contributed by atoms with van der Waals surface area (Å²) in [6.45, 7) is 8.65. The Labute approximate surface area is 128 Å². The van der Waals surface area contributed by atoms with Crippen LogP contribution >= 0.6 is 0 Å². The summed E-state index contributed by atoms with van der Waals surface area (Å²) in [5.41, 5.74) is 0.945. The van der Waals surface area contributed by atoms with Crippen LogP contribution in [0.15, 0.2) is 18.2 Å². The Morgan fingerprint density at radius 2 is 1.95 bits per heavy atom. The molecule has 0 saturated carbocycles. The molecule has 0 saturated heterocycles. The van der Waals surface area contributed by atoms with Gasteiger partial charge in [0.1, 0.15) is 0 Å². The molecule has 4 heteroatoms. The summed E-state index contributed by atoms with van der Waals surface area (Å²) in [5, 5.41) is 3.40. The third-order valence-electron chi connectivity index (χ3n) is 3.53. The molecule has 4 nitrogen and oxygen atoms in total. The van der Waals surface area contributed by atoms with Gasteiger partial charge in [-0.3, -0.25) is 0 Å². The lowest BCUT2D eigenvalue weighted by Crippen LogP contribution is -2.25. The topological polar surface area (TPSA) is 39.7 Å². The fourth-order valence-electron chi connectivity index (χ4n) is 1.93. The number of ether oxygens (including phenoxy) is 3. The molecule has 120 valence electrons. The second kappa shape index (κ2) is 8.90. The van der Waals surface area contributed by atoms with Gasteiger partial charge in [0, 0.05) is 25.6 Å². The van der Waals surface area contributed by atoms with Crippen molar-refractivity contribution < 1.29 is 14.2 Å². The van der Waals surface area contributed by atoms with Crippen LogP contribution in [0.3, 0.4) is 0 Å². The van der Waals surface area contributed by atoms with Gasteiger partial charge >= 0.3 is 0 Å². The number of rotatable bonds is 10. The van der Waals surface area contributed by atoms with Crippen LogP contribution in [0.4, 0.5) is 0 Å². The number of hydrogen-bond acceptors (Lipinski definition) is 4. The van der Waals surface area contributed by atoms with Crippen LogP contribution < -0.4 is 14.8 Å². The number of benzene rings is 1. The van der Waals surface area contributed by atoms with Gasteiger partial charge in [-0.25, -0.2) is 0 Å². The Kier molecular flexibility index (Phi) is 7.54. The van der Waals surface area contributed by atoms with Crippen LogP contribution in [0, 0.1) is 0 Å². The first-order chi connectivity index (χ1) is 10.0. The van der Waals surface area contributed by atoms with Crippen LogP contribution in [0.2, 0.25) is 0 Å². The molecule has 0 spiro atoms. The largest absolute Gasteiger partial charge is 0.493 e. The molecule has 0 aromatic heterocycles. The molecule has 0 heterocycles. The zero-order chi connectivity index (χ0) is 15.7. The van der Waals surface area contributed by atoms with E-state index in [1.165, 1.54) is 0 Å². The molecule has 0 unspecified atom stereocenters. The van der Waals surface area contributed by atoms with E-state index in [4.69, 9.17) is 14.2 Å². The summed E-state index contributed by atoms with van der Waals surface area (Å²) in [6, 6.07) is 6.00. The Balaban J connectivity index is 2.72. The molecular weight excluding hydrogens is 266 g/mol.